The third-order valence-electron chi connectivity index (χ3n) is 9.27. The van der Waals surface area contributed by atoms with Gasteiger partial charge in [0.1, 0.15) is 5.82 Å². The maximum absolute atomic E-state index is 12.8. The first-order chi connectivity index (χ1) is 15.3. The van der Waals surface area contributed by atoms with Crippen LogP contribution in [0.3, 0.4) is 0 Å². The van der Waals surface area contributed by atoms with Crippen LogP contribution in [0.2, 0.25) is 0 Å². The Bertz CT molecular complexity index is 961. The number of carbonyl (C=O) groups is 3. The summed E-state index contributed by atoms with van der Waals surface area (Å²) < 4.78 is 0. The summed E-state index contributed by atoms with van der Waals surface area (Å²) in [7, 11) is 0. The van der Waals surface area contributed by atoms with Crippen molar-refractivity contribution in [2.75, 3.05) is 10.6 Å². The zero-order chi connectivity index (χ0) is 22.5. The molecule has 3 aliphatic carbocycles. The number of rotatable bonds is 5. The molecule has 0 radical (unpaired) electrons. The van der Waals surface area contributed by atoms with Crippen molar-refractivity contribution < 1.29 is 14.4 Å². The molecule has 0 spiro atoms. The van der Waals surface area contributed by atoms with E-state index >= 15 is 0 Å². The highest BCUT2D eigenvalue weighted by Gasteiger charge is 2.59. The molecule has 0 aromatic carbocycles. The van der Waals surface area contributed by atoms with Crippen molar-refractivity contribution in [3.05, 3.63) is 17.5 Å². The van der Waals surface area contributed by atoms with Gasteiger partial charge in [-0.3, -0.25) is 14.4 Å². The average molecular weight is 457 g/mol. The van der Waals surface area contributed by atoms with Gasteiger partial charge in [0.15, 0.2) is 5.13 Å². The first-order valence-corrected chi connectivity index (χ1v) is 12.7. The molecule has 3 N–H and O–H groups in total. The molecule has 3 fully saturated rings. The SMILES string of the molecule is C[C@]12C=CC(=O)N[C@@H]1CC[C@@H]1[C@@H]2CC[C@]2(C)[C@@H](CC(=O)Nc3nc(NC=O)cs3)CC[C@@H]12. The van der Waals surface area contributed by atoms with Crippen molar-refractivity contribution in [1.82, 2.24) is 10.3 Å². The molecule has 0 unspecified atom stereocenters. The third-order valence-corrected chi connectivity index (χ3v) is 10.0. The smallest absolute Gasteiger partial charge is 0.243 e. The molecule has 7 nitrogen and oxygen atoms in total. The highest BCUT2D eigenvalue weighted by Crippen LogP contribution is 2.65. The number of carbonyl (C=O) groups excluding carboxylic acids is 3. The molecular weight excluding hydrogens is 424 g/mol. The van der Waals surface area contributed by atoms with E-state index in [0.717, 1.165) is 25.7 Å². The number of nitrogens with zero attached hydrogens (tertiary/aromatic N) is 1. The number of amides is 3. The predicted molar refractivity (Wildman–Crippen MR) is 124 cm³/mol. The van der Waals surface area contributed by atoms with Gasteiger partial charge in [-0.05, 0) is 73.7 Å². The summed E-state index contributed by atoms with van der Waals surface area (Å²) in [5, 5.41) is 10.9. The van der Waals surface area contributed by atoms with Crippen molar-refractivity contribution in [3.63, 3.8) is 0 Å². The van der Waals surface area contributed by atoms with E-state index in [2.05, 4.69) is 40.9 Å². The summed E-state index contributed by atoms with van der Waals surface area (Å²) in [5.74, 6) is 2.82. The lowest BCUT2D eigenvalue weighted by atomic mass is 9.48. The molecule has 5 rings (SSSR count). The van der Waals surface area contributed by atoms with Crippen molar-refractivity contribution in [1.29, 1.82) is 0 Å². The fourth-order valence-corrected chi connectivity index (χ4v) is 8.30. The minimum atomic E-state index is 0.0135. The van der Waals surface area contributed by atoms with Crippen LogP contribution in [0, 0.1) is 34.5 Å². The number of hydrogen-bond donors (Lipinski definition) is 3. The van der Waals surface area contributed by atoms with Crippen molar-refractivity contribution in [2.45, 2.75) is 64.8 Å². The fourth-order valence-electron chi connectivity index (χ4n) is 7.63. The number of nitrogens with one attached hydrogen (secondary N) is 3. The van der Waals surface area contributed by atoms with Gasteiger partial charge in [-0.1, -0.05) is 19.9 Å². The van der Waals surface area contributed by atoms with Crippen LogP contribution in [-0.4, -0.2) is 29.3 Å². The van der Waals surface area contributed by atoms with Gasteiger partial charge in [-0.25, -0.2) is 4.98 Å². The van der Waals surface area contributed by atoms with Gasteiger partial charge in [0.05, 0.1) is 0 Å². The number of fused-ring (bicyclic) bond motifs is 5. The number of thiazole rings is 1. The van der Waals surface area contributed by atoms with Gasteiger partial charge in [-0.2, -0.15) is 0 Å². The first kappa shape index (κ1) is 21.6. The molecule has 1 aromatic heterocycles. The summed E-state index contributed by atoms with van der Waals surface area (Å²) in [4.78, 5) is 39.5. The number of aromatic nitrogens is 1. The zero-order valence-corrected chi connectivity index (χ0v) is 19.5. The topological polar surface area (TPSA) is 100 Å². The average Bonchev–Trinajstić information content (AvgIpc) is 3.33. The van der Waals surface area contributed by atoms with E-state index in [9.17, 15) is 14.4 Å². The zero-order valence-electron chi connectivity index (χ0n) is 18.7. The number of hydrogen-bond acceptors (Lipinski definition) is 5. The molecule has 32 heavy (non-hydrogen) atoms. The summed E-state index contributed by atoms with van der Waals surface area (Å²) >= 11 is 1.32. The molecule has 3 amide bonds. The Hall–Kier alpha value is -2.22. The Kier molecular flexibility index (Phi) is 5.39. The van der Waals surface area contributed by atoms with Gasteiger partial charge >= 0.3 is 0 Å². The van der Waals surface area contributed by atoms with Gasteiger partial charge in [0.2, 0.25) is 18.2 Å². The second kappa shape index (κ2) is 7.97. The monoisotopic (exact) mass is 456 g/mol. The van der Waals surface area contributed by atoms with E-state index in [-0.39, 0.29) is 28.7 Å². The highest BCUT2D eigenvalue weighted by atomic mass is 32.1. The molecule has 3 saturated carbocycles. The van der Waals surface area contributed by atoms with Gasteiger partial charge in [0, 0.05) is 23.3 Å². The van der Waals surface area contributed by atoms with Crippen LogP contribution < -0.4 is 16.0 Å². The summed E-state index contributed by atoms with van der Waals surface area (Å²) in [6.07, 6.45) is 11.9. The fraction of sp³-hybridized carbons (Fsp3) is 0.667. The van der Waals surface area contributed by atoms with Crippen LogP contribution in [0.5, 0.6) is 0 Å². The third kappa shape index (κ3) is 3.47. The Balaban J connectivity index is 1.27. The quantitative estimate of drug-likeness (QED) is 0.584. The highest BCUT2D eigenvalue weighted by molar-refractivity contribution is 7.14. The molecule has 1 aromatic rings. The van der Waals surface area contributed by atoms with E-state index in [1.807, 2.05) is 0 Å². The van der Waals surface area contributed by atoms with Gasteiger partial charge in [-0.15, -0.1) is 11.3 Å². The lowest BCUT2D eigenvalue weighted by Gasteiger charge is -2.59. The lowest BCUT2D eigenvalue weighted by Crippen LogP contribution is -2.59. The van der Waals surface area contributed by atoms with Crippen LogP contribution in [0.25, 0.3) is 0 Å². The molecule has 172 valence electrons. The molecule has 0 bridgehead atoms. The normalized spacial score (nSPS) is 39.9. The van der Waals surface area contributed by atoms with Gasteiger partial charge in [0.25, 0.3) is 0 Å². The molecular formula is C24H32N4O3S. The van der Waals surface area contributed by atoms with Crippen molar-refractivity contribution in [2.24, 2.45) is 34.5 Å². The van der Waals surface area contributed by atoms with Crippen LogP contribution in [0.15, 0.2) is 17.5 Å². The van der Waals surface area contributed by atoms with E-state index < -0.39 is 0 Å². The van der Waals surface area contributed by atoms with Crippen LogP contribution in [-0.2, 0) is 14.4 Å². The van der Waals surface area contributed by atoms with E-state index in [4.69, 9.17) is 0 Å². The summed E-state index contributed by atoms with van der Waals surface area (Å²) in [6.45, 7) is 4.76. The van der Waals surface area contributed by atoms with E-state index in [0.29, 0.717) is 47.5 Å². The molecule has 0 saturated heterocycles. The van der Waals surface area contributed by atoms with Gasteiger partial charge < -0.3 is 16.0 Å². The maximum atomic E-state index is 12.8. The molecule has 8 heteroatoms. The molecule has 7 atom stereocenters. The maximum Gasteiger partial charge on any atom is 0.243 e. The first-order valence-electron chi connectivity index (χ1n) is 11.8. The Morgan fingerprint density at radius 1 is 1.25 bits per heavy atom. The minimum absolute atomic E-state index is 0.0135. The van der Waals surface area contributed by atoms with Crippen molar-refractivity contribution >= 4 is 40.5 Å². The van der Waals surface area contributed by atoms with Crippen LogP contribution in [0.1, 0.15) is 58.8 Å². The Labute approximate surface area is 192 Å². The second-order valence-corrected chi connectivity index (χ2v) is 11.4. The minimum Gasteiger partial charge on any atom is -0.349 e. The lowest BCUT2D eigenvalue weighted by molar-refractivity contribution is -0.123. The largest absolute Gasteiger partial charge is 0.349 e. The molecule has 1 aliphatic heterocycles. The van der Waals surface area contributed by atoms with Crippen LogP contribution >= 0.6 is 11.3 Å². The van der Waals surface area contributed by atoms with Crippen molar-refractivity contribution in [3.8, 4) is 0 Å². The Morgan fingerprint density at radius 3 is 2.91 bits per heavy atom. The van der Waals surface area contributed by atoms with Crippen LogP contribution in [0.4, 0.5) is 10.9 Å². The summed E-state index contributed by atoms with van der Waals surface area (Å²) in [6, 6.07) is 0.255. The Morgan fingerprint density at radius 2 is 2.09 bits per heavy atom. The van der Waals surface area contributed by atoms with E-state index in [1.54, 1.807) is 11.5 Å². The standard InChI is InChI=1S/C24H32N4O3S/c1-23-9-7-17-15(4-6-18-24(17,2)10-8-20(30)26-18)16(23)5-3-14(23)11-21(31)28-22-27-19(12-32-22)25-13-29/h8,10,12-18H,3-7,9,11H2,1-2H3,(H,25,29)(H,26,30)(H,27,28,31)/t14-,15+,16+,17+,18-,23-,24-/m1/s1. The molecule has 4 aliphatic rings. The summed E-state index contributed by atoms with van der Waals surface area (Å²) in [5.41, 5.74) is 0.238. The van der Waals surface area contributed by atoms with E-state index in [1.165, 1.54) is 24.2 Å². The second-order valence-electron chi connectivity index (χ2n) is 10.6. The predicted octanol–water partition coefficient (Wildman–Crippen LogP) is 3.95. The number of anilines is 2. The molecule has 2 heterocycles.